The predicted molar refractivity (Wildman–Crippen MR) is 97.7 cm³/mol. The van der Waals surface area contributed by atoms with Gasteiger partial charge in [-0.15, -0.1) is 0 Å². The van der Waals surface area contributed by atoms with Gasteiger partial charge in [0.2, 0.25) is 0 Å². The summed E-state index contributed by atoms with van der Waals surface area (Å²) in [4.78, 5) is 14.8. The van der Waals surface area contributed by atoms with E-state index in [9.17, 15) is 4.79 Å². The second-order valence-electron chi connectivity index (χ2n) is 7.03. The number of nitrogens with one attached hydrogen (secondary N) is 2. The number of carbonyl (C=O) groups excluding carboxylic acids is 1. The molecule has 0 aliphatic carbocycles. The summed E-state index contributed by atoms with van der Waals surface area (Å²) >= 11 is 0. The molecule has 0 spiro atoms. The van der Waals surface area contributed by atoms with E-state index >= 15 is 0 Å². The molecule has 2 heterocycles. The minimum atomic E-state index is -0.172. The number of amides is 1. The van der Waals surface area contributed by atoms with Crippen molar-refractivity contribution < 1.29 is 4.79 Å². The zero-order valence-electron chi connectivity index (χ0n) is 14.7. The molecule has 128 valence electrons. The first-order valence-corrected chi connectivity index (χ1v) is 8.74. The second kappa shape index (κ2) is 7.07. The Kier molecular flexibility index (Phi) is 4.88. The van der Waals surface area contributed by atoms with Gasteiger partial charge in [-0.1, -0.05) is 13.8 Å². The number of H-pyrrole nitrogens is 1. The number of benzene rings is 1. The summed E-state index contributed by atoms with van der Waals surface area (Å²) in [6, 6.07) is 7.94. The minimum absolute atomic E-state index is 0.172. The van der Waals surface area contributed by atoms with E-state index in [1.54, 1.807) is 0 Å². The van der Waals surface area contributed by atoms with Crippen molar-refractivity contribution in [1.29, 1.82) is 0 Å². The Morgan fingerprint density at radius 3 is 2.71 bits per heavy atom. The summed E-state index contributed by atoms with van der Waals surface area (Å²) in [6.07, 6.45) is 3.41. The highest BCUT2D eigenvalue weighted by Crippen LogP contribution is 2.26. The Labute approximate surface area is 143 Å². The molecule has 1 aromatic carbocycles. The number of carbonyl (C=O) groups is 1. The van der Waals surface area contributed by atoms with E-state index in [1.807, 2.05) is 18.2 Å². The van der Waals surface area contributed by atoms with Crippen LogP contribution < -0.4 is 10.2 Å². The molecule has 0 atom stereocenters. The third-order valence-electron chi connectivity index (χ3n) is 4.39. The highest BCUT2D eigenvalue weighted by Gasteiger charge is 2.16. The quantitative estimate of drug-likeness (QED) is 0.879. The number of aryl methyl sites for hydroxylation is 1. The predicted octanol–water partition coefficient (Wildman–Crippen LogP) is 3.77. The largest absolute Gasteiger partial charge is 0.371 e. The summed E-state index contributed by atoms with van der Waals surface area (Å²) in [5, 5.41) is 10.0. The molecule has 5 nitrogen and oxygen atoms in total. The van der Waals surface area contributed by atoms with Gasteiger partial charge in [0.1, 0.15) is 0 Å². The number of rotatable bonds is 5. The first kappa shape index (κ1) is 16.6. The monoisotopic (exact) mass is 326 g/mol. The van der Waals surface area contributed by atoms with Crippen LogP contribution in [0.1, 0.15) is 48.4 Å². The van der Waals surface area contributed by atoms with Crippen LogP contribution >= 0.6 is 0 Å². The van der Waals surface area contributed by atoms with Crippen LogP contribution in [0.3, 0.4) is 0 Å². The number of aromatic nitrogens is 2. The van der Waals surface area contributed by atoms with E-state index in [2.05, 4.69) is 47.3 Å². The van der Waals surface area contributed by atoms with Crippen LogP contribution in [0.2, 0.25) is 0 Å². The molecular weight excluding hydrogens is 300 g/mol. The summed E-state index contributed by atoms with van der Waals surface area (Å²) in [7, 11) is 0. The van der Waals surface area contributed by atoms with E-state index in [-0.39, 0.29) is 5.91 Å². The van der Waals surface area contributed by atoms with Crippen molar-refractivity contribution >= 4 is 17.3 Å². The fourth-order valence-electron chi connectivity index (χ4n) is 3.26. The lowest BCUT2D eigenvalue weighted by Crippen LogP contribution is -2.19. The number of anilines is 2. The molecule has 2 aromatic rings. The maximum atomic E-state index is 12.4. The topological polar surface area (TPSA) is 61.0 Å². The van der Waals surface area contributed by atoms with Gasteiger partial charge in [-0.2, -0.15) is 5.10 Å². The third-order valence-corrected chi connectivity index (χ3v) is 4.39. The van der Waals surface area contributed by atoms with Gasteiger partial charge in [-0.3, -0.25) is 9.89 Å². The number of aromatic amines is 1. The van der Waals surface area contributed by atoms with Gasteiger partial charge in [0.25, 0.3) is 5.91 Å². The molecular formula is C19H26N4O. The molecule has 1 aliphatic rings. The van der Waals surface area contributed by atoms with Crippen LogP contribution in [0.4, 0.5) is 11.4 Å². The maximum absolute atomic E-state index is 12.4. The average Bonchev–Trinajstić information content (AvgIpc) is 3.18. The van der Waals surface area contributed by atoms with Gasteiger partial charge in [-0.05, 0) is 61.9 Å². The average molecular weight is 326 g/mol. The Morgan fingerprint density at radius 2 is 2.04 bits per heavy atom. The molecule has 0 saturated carbocycles. The van der Waals surface area contributed by atoms with Crippen LogP contribution in [0, 0.1) is 12.8 Å². The molecule has 2 N–H and O–H groups in total. The zero-order valence-corrected chi connectivity index (χ0v) is 14.7. The van der Waals surface area contributed by atoms with Crippen molar-refractivity contribution in [1.82, 2.24) is 10.2 Å². The lowest BCUT2D eigenvalue weighted by Gasteiger charge is -2.20. The smallest absolute Gasteiger partial charge is 0.276 e. The Bertz CT molecular complexity index is 714. The van der Waals surface area contributed by atoms with Crippen LogP contribution in [-0.2, 0) is 6.42 Å². The molecule has 3 rings (SSSR count). The first-order chi connectivity index (χ1) is 11.5. The first-order valence-electron chi connectivity index (χ1n) is 8.74. The fraction of sp³-hybridized carbons (Fsp3) is 0.474. The molecule has 5 heteroatoms. The Morgan fingerprint density at radius 1 is 1.29 bits per heavy atom. The molecule has 1 saturated heterocycles. The molecule has 0 unspecified atom stereocenters. The zero-order chi connectivity index (χ0) is 17.1. The summed E-state index contributed by atoms with van der Waals surface area (Å²) in [6.45, 7) is 8.63. The Hall–Kier alpha value is -2.30. The standard InChI is InChI=1S/C19H26N4O/c1-13(2)10-16-12-17(22-21-16)19(24)20-15-6-7-18(14(3)11-15)23-8-4-5-9-23/h6-7,11-13H,4-5,8-10H2,1-3H3,(H,20,24)(H,21,22). The van der Waals surface area contributed by atoms with Crippen LogP contribution in [0.5, 0.6) is 0 Å². The molecule has 1 aliphatic heterocycles. The number of nitrogens with zero attached hydrogens (tertiary/aromatic N) is 2. The van der Waals surface area contributed by atoms with Crippen molar-refractivity contribution in [2.75, 3.05) is 23.3 Å². The van der Waals surface area contributed by atoms with Gasteiger partial charge >= 0.3 is 0 Å². The van der Waals surface area contributed by atoms with E-state index in [0.29, 0.717) is 11.6 Å². The third kappa shape index (κ3) is 3.78. The SMILES string of the molecule is Cc1cc(NC(=O)c2cc(CC(C)C)[nH]n2)ccc1N1CCCC1. The highest BCUT2D eigenvalue weighted by molar-refractivity contribution is 6.03. The Balaban J connectivity index is 1.68. The van der Waals surface area contributed by atoms with Crippen molar-refractivity contribution in [3.63, 3.8) is 0 Å². The fourth-order valence-corrected chi connectivity index (χ4v) is 3.26. The van der Waals surface area contributed by atoms with Gasteiger partial charge in [-0.25, -0.2) is 0 Å². The molecule has 1 amide bonds. The normalized spacial score (nSPS) is 14.4. The van der Waals surface area contributed by atoms with Crippen LogP contribution in [-0.4, -0.2) is 29.2 Å². The molecule has 24 heavy (non-hydrogen) atoms. The van der Waals surface area contributed by atoms with Gasteiger partial charge in [0.15, 0.2) is 5.69 Å². The maximum Gasteiger partial charge on any atom is 0.276 e. The van der Waals surface area contributed by atoms with Crippen LogP contribution in [0.25, 0.3) is 0 Å². The highest BCUT2D eigenvalue weighted by atomic mass is 16.1. The molecule has 1 aromatic heterocycles. The molecule has 1 fully saturated rings. The minimum Gasteiger partial charge on any atom is -0.371 e. The molecule has 0 radical (unpaired) electrons. The second-order valence-corrected chi connectivity index (χ2v) is 7.03. The van der Waals surface area contributed by atoms with E-state index in [4.69, 9.17) is 0 Å². The van der Waals surface area contributed by atoms with Crippen molar-refractivity contribution in [3.05, 3.63) is 41.2 Å². The number of hydrogen-bond donors (Lipinski definition) is 2. The van der Waals surface area contributed by atoms with Crippen molar-refractivity contribution in [3.8, 4) is 0 Å². The van der Waals surface area contributed by atoms with Gasteiger partial charge < -0.3 is 10.2 Å². The van der Waals surface area contributed by atoms with Crippen molar-refractivity contribution in [2.45, 2.75) is 40.0 Å². The van der Waals surface area contributed by atoms with E-state index in [1.165, 1.54) is 24.1 Å². The summed E-state index contributed by atoms with van der Waals surface area (Å²) in [5.74, 6) is 0.358. The van der Waals surface area contributed by atoms with Gasteiger partial charge in [0.05, 0.1) is 0 Å². The summed E-state index contributed by atoms with van der Waals surface area (Å²) in [5.41, 5.74) is 4.71. The van der Waals surface area contributed by atoms with E-state index < -0.39 is 0 Å². The summed E-state index contributed by atoms with van der Waals surface area (Å²) < 4.78 is 0. The van der Waals surface area contributed by atoms with Gasteiger partial charge in [0, 0.05) is 30.2 Å². The lowest BCUT2D eigenvalue weighted by molar-refractivity contribution is 0.102. The number of hydrogen-bond acceptors (Lipinski definition) is 3. The van der Waals surface area contributed by atoms with Crippen LogP contribution in [0.15, 0.2) is 24.3 Å². The van der Waals surface area contributed by atoms with E-state index in [0.717, 1.165) is 30.9 Å². The molecule has 0 bridgehead atoms. The van der Waals surface area contributed by atoms with Crippen molar-refractivity contribution in [2.24, 2.45) is 5.92 Å². The lowest BCUT2D eigenvalue weighted by atomic mass is 10.1.